The Kier molecular flexibility index (Phi) is 4.97. The van der Waals surface area contributed by atoms with E-state index < -0.39 is 16.1 Å². The van der Waals surface area contributed by atoms with Gasteiger partial charge in [0, 0.05) is 15.6 Å². The van der Waals surface area contributed by atoms with Gasteiger partial charge < -0.3 is 8.92 Å². The monoisotopic (exact) mass is 435 g/mol. The third-order valence-corrected chi connectivity index (χ3v) is 4.37. The molecule has 26 heavy (non-hydrogen) atoms. The summed E-state index contributed by atoms with van der Waals surface area (Å²) in [6, 6.07) is 12.2. The fraction of sp³-hybridized carbons (Fsp3) is 0.111. The number of esters is 1. The average Bonchev–Trinajstić information content (AvgIpc) is 2.90. The molecule has 0 aromatic heterocycles. The molecule has 1 aliphatic rings. The Hall–Kier alpha value is -2.45. The number of carbonyl (C=O) groups is 1. The highest BCUT2D eigenvalue weighted by molar-refractivity contribution is 9.10. The Morgan fingerprint density at radius 1 is 1.19 bits per heavy atom. The first-order chi connectivity index (χ1) is 12.2. The van der Waals surface area contributed by atoms with E-state index in [4.69, 9.17) is 8.92 Å². The molecular weight excluding hydrogens is 422 g/mol. The zero-order chi connectivity index (χ0) is 18.9. The zero-order valence-corrected chi connectivity index (χ0v) is 16.3. The molecule has 0 atom stereocenters. The van der Waals surface area contributed by atoms with Crippen molar-refractivity contribution >= 4 is 44.0 Å². The predicted octanol–water partition coefficient (Wildman–Crippen LogP) is 3.44. The summed E-state index contributed by atoms with van der Waals surface area (Å²) < 4.78 is 33.8. The molecule has 0 fully saturated rings. The topological polar surface area (TPSA) is 82.0 Å². The third-order valence-electron chi connectivity index (χ3n) is 3.39. The number of rotatable bonds is 4. The number of hydrogen-bond acceptors (Lipinski definition) is 6. The van der Waals surface area contributed by atoms with Crippen LogP contribution in [0.5, 0.6) is 5.75 Å². The highest BCUT2D eigenvalue weighted by Gasteiger charge is 2.25. The largest absolute Gasteiger partial charge is 0.402 e. The fourth-order valence-corrected chi connectivity index (χ4v) is 3.19. The number of benzene rings is 2. The summed E-state index contributed by atoms with van der Waals surface area (Å²) in [5.41, 5.74) is 2.13. The summed E-state index contributed by atoms with van der Waals surface area (Å²) in [6.45, 7) is 1.92. The molecule has 0 radical (unpaired) electrons. The lowest BCUT2D eigenvalue weighted by Gasteiger charge is -2.07. The SMILES string of the molecule is Cc1cccc(C2=NC(=Cc3cc(Br)ccc3OS(C)(=O)=O)C(=O)O2)c1. The summed E-state index contributed by atoms with van der Waals surface area (Å²) in [4.78, 5) is 16.4. The minimum absolute atomic E-state index is 0.0537. The van der Waals surface area contributed by atoms with Crippen LogP contribution in [0.15, 0.2) is 57.6 Å². The molecule has 2 aromatic rings. The Balaban J connectivity index is 2.02. The van der Waals surface area contributed by atoms with Crippen LogP contribution in [-0.2, 0) is 19.6 Å². The molecule has 134 valence electrons. The van der Waals surface area contributed by atoms with E-state index in [-0.39, 0.29) is 17.3 Å². The molecule has 0 unspecified atom stereocenters. The number of hydrogen-bond donors (Lipinski definition) is 0. The van der Waals surface area contributed by atoms with Crippen LogP contribution in [0.25, 0.3) is 6.08 Å². The van der Waals surface area contributed by atoms with E-state index in [2.05, 4.69) is 20.9 Å². The van der Waals surface area contributed by atoms with Crippen molar-refractivity contribution in [1.29, 1.82) is 0 Å². The molecule has 8 heteroatoms. The van der Waals surface area contributed by atoms with Crippen molar-refractivity contribution in [3.8, 4) is 5.75 Å². The standard InChI is InChI=1S/C18H14BrNO5S/c1-11-4-3-5-12(8-11)17-20-15(18(21)24-17)10-13-9-14(19)6-7-16(13)25-26(2,22)23/h3-10H,1-2H3. The Morgan fingerprint density at radius 2 is 1.96 bits per heavy atom. The van der Waals surface area contributed by atoms with Crippen molar-refractivity contribution in [1.82, 2.24) is 0 Å². The van der Waals surface area contributed by atoms with Gasteiger partial charge in [0.15, 0.2) is 5.70 Å². The summed E-state index contributed by atoms with van der Waals surface area (Å²) in [5.74, 6) is -0.326. The van der Waals surface area contributed by atoms with E-state index in [0.717, 1.165) is 11.8 Å². The van der Waals surface area contributed by atoms with Crippen molar-refractivity contribution in [3.63, 3.8) is 0 Å². The van der Waals surface area contributed by atoms with Gasteiger partial charge in [0.1, 0.15) is 5.75 Å². The number of cyclic esters (lactones) is 1. The highest BCUT2D eigenvalue weighted by Crippen LogP contribution is 2.28. The van der Waals surface area contributed by atoms with Gasteiger partial charge in [-0.1, -0.05) is 33.6 Å². The van der Waals surface area contributed by atoms with Crippen molar-refractivity contribution in [2.45, 2.75) is 6.92 Å². The minimum Gasteiger partial charge on any atom is -0.402 e. The lowest BCUT2D eigenvalue weighted by atomic mass is 10.1. The number of halogens is 1. The molecule has 3 rings (SSSR count). The number of carbonyl (C=O) groups excluding carboxylic acids is 1. The summed E-state index contributed by atoms with van der Waals surface area (Å²) in [5, 5.41) is 0. The lowest BCUT2D eigenvalue weighted by Crippen LogP contribution is -2.07. The van der Waals surface area contributed by atoms with Crippen LogP contribution in [-0.4, -0.2) is 26.5 Å². The Labute approximate surface area is 159 Å². The first-order valence-corrected chi connectivity index (χ1v) is 10.1. The van der Waals surface area contributed by atoms with Crippen LogP contribution in [0, 0.1) is 6.92 Å². The van der Waals surface area contributed by atoms with Gasteiger partial charge in [-0.15, -0.1) is 0 Å². The van der Waals surface area contributed by atoms with Crippen molar-refractivity contribution in [3.05, 3.63) is 69.3 Å². The van der Waals surface area contributed by atoms with E-state index in [9.17, 15) is 13.2 Å². The van der Waals surface area contributed by atoms with E-state index in [1.807, 2.05) is 25.1 Å². The molecule has 0 aliphatic carbocycles. The molecule has 0 spiro atoms. The lowest BCUT2D eigenvalue weighted by molar-refractivity contribution is -0.129. The van der Waals surface area contributed by atoms with Gasteiger partial charge in [0.2, 0.25) is 5.90 Å². The van der Waals surface area contributed by atoms with E-state index in [1.165, 1.54) is 12.1 Å². The first kappa shape index (κ1) is 18.3. The number of aliphatic imine (C=N–C) groups is 1. The summed E-state index contributed by atoms with van der Waals surface area (Å²) >= 11 is 3.31. The molecule has 0 saturated heterocycles. The maximum Gasteiger partial charge on any atom is 0.363 e. The van der Waals surface area contributed by atoms with Crippen LogP contribution in [0.4, 0.5) is 0 Å². The number of ether oxygens (including phenoxy) is 1. The van der Waals surface area contributed by atoms with Gasteiger partial charge in [-0.05, 0) is 43.3 Å². The molecule has 1 heterocycles. The molecule has 0 saturated carbocycles. The second kappa shape index (κ2) is 7.05. The minimum atomic E-state index is -3.71. The molecule has 0 amide bonds. The van der Waals surface area contributed by atoms with Crippen LogP contribution >= 0.6 is 15.9 Å². The smallest absolute Gasteiger partial charge is 0.363 e. The number of nitrogens with zero attached hydrogens (tertiary/aromatic N) is 1. The van der Waals surface area contributed by atoms with Crippen molar-refractivity contribution in [2.24, 2.45) is 4.99 Å². The number of aryl methyl sites for hydroxylation is 1. The van der Waals surface area contributed by atoms with Gasteiger partial charge in [0.25, 0.3) is 0 Å². The van der Waals surface area contributed by atoms with E-state index in [1.54, 1.807) is 18.2 Å². The maximum atomic E-state index is 12.2. The fourth-order valence-electron chi connectivity index (χ4n) is 2.33. The van der Waals surface area contributed by atoms with Crippen LogP contribution in [0.1, 0.15) is 16.7 Å². The molecule has 0 bridgehead atoms. The molecule has 6 nitrogen and oxygen atoms in total. The van der Waals surface area contributed by atoms with Gasteiger partial charge in [-0.3, -0.25) is 0 Å². The van der Waals surface area contributed by atoms with E-state index >= 15 is 0 Å². The zero-order valence-electron chi connectivity index (χ0n) is 13.9. The van der Waals surface area contributed by atoms with Crippen LogP contribution < -0.4 is 4.18 Å². The summed E-state index contributed by atoms with van der Waals surface area (Å²) in [7, 11) is -3.71. The van der Waals surface area contributed by atoms with Crippen LogP contribution in [0.3, 0.4) is 0 Å². The quantitative estimate of drug-likeness (QED) is 0.417. The molecule has 1 aliphatic heterocycles. The predicted molar refractivity (Wildman–Crippen MR) is 101 cm³/mol. The van der Waals surface area contributed by atoms with Gasteiger partial charge >= 0.3 is 16.1 Å². The Morgan fingerprint density at radius 3 is 2.65 bits per heavy atom. The third kappa shape index (κ3) is 4.39. The Bertz CT molecular complexity index is 1060. The molecule has 0 N–H and O–H groups in total. The summed E-state index contributed by atoms with van der Waals surface area (Å²) in [6.07, 6.45) is 2.38. The first-order valence-electron chi connectivity index (χ1n) is 7.50. The van der Waals surface area contributed by atoms with Gasteiger partial charge in [0.05, 0.1) is 6.26 Å². The molecule has 2 aromatic carbocycles. The van der Waals surface area contributed by atoms with E-state index in [0.29, 0.717) is 15.6 Å². The maximum absolute atomic E-state index is 12.2. The normalized spacial score (nSPS) is 15.7. The second-order valence-corrected chi connectivity index (χ2v) is 8.17. The average molecular weight is 436 g/mol. The van der Waals surface area contributed by atoms with Gasteiger partial charge in [-0.2, -0.15) is 8.42 Å². The second-order valence-electron chi connectivity index (χ2n) is 5.68. The van der Waals surface area contributed by atoms with Crippen molar-refractivity contribution in [2.75, 3.05) is 6.26 Å². The highest BCUT2D eigenvalue weighted by atomic mass is 79.9. The molecular formula is C18H14BrNO5S. The van der Waals surface area contributed by atoms with Gasteiger partial charge in [-0.25, -0.2) is 9.79 Å². The van der Waals surface area contributed by atoms with Crippen LogP contribution in [0.2, 0.25) is 0 Å². The van der Waals surface area contributed by atoms with Crippen molar-refractivity contribution < 1.29 is 22.1 Å².